The molecule has 0 bridgehead atoms. The highest BCUT2D eigenvalue weighted by molar-refractivity contribution is 5.47. The fraction of sp³-hybridized carbons (Fsp3) is 0.351. The molecule has 0 amide bonds. The van der Waals surface area contributed by atoms with E-state index in [-0.39, 0.29) is 36.0 Å². The van der Waals surface area contributed by atoms with E-state index in [4.69, 9.17) is 33.5 Å². The number of hydrogen-bond donors (Lipinski definition) is 6. The largest absolute Gasteiger partial charge is 0.493 e. The number of hydrogen-bond acceptors (Lipinski definition) is 12. The molecule has 4 aromatic carbocycles. The summed E-state index contributed by atoms with van der Waals surface area (Å²) in [4.78, 5) is 0. The van der Waals surface area contributed by atoms with Gasteiger partial charge in [0.15, 0.2) is 46.7 Å². The first-order valence-electron chi connectivity index (χ1n) is 15.7. The Hall–Kier alpha value is -4.56. The van der Waals surface area contributed by atoms with Crippen LogP contribution in [0.1, 0.15) is 47.0 Å². The van der Waals surface area contributed by atoms with Gasteiger partial charge in [0.2, 0.25) is 0 Å². The van der Waals surface area contributed by atoms with Crippen LogP contribution in [0.5, 0.6) is 34.5 Å². The summed E-state index contributed by atoms with van der Waals surface area (Å²) in [7, 11) is 4.31. The Bertz CT molecular complexity index is 1600. The maximum Gasteiger partial charge on any atom is 0.161 e. The smallest absolute Gasteiger partial charge is 0.161 e. The van der Waals surface area contributed by atoms with Gasteiger partial charge in [0.05, 0.1) is 40.6 Å². The van der Waals surface area contributed by atoms with Gasteiger partial charge in [-0.2, -0.15) is 0 Å². The van der Waals surface area contributed by atoms with E-state index in [0.717, 1.165) is 5.56 Å². The molecule has 0 saturated carbocycles. The van der Waals surface area contributed by atoms with Gasteiger partial charge in [-0.15, -0.1) is 0 Å². The van der Waals surface area contributed by atoms with Crippen LogP contribution >= 0.6 is 0 Å². The number of aliphatic hydroxyl groups is 6. The van der Waals surface area contributed by atoms with Crippen molar-refractivity contribution in [2.75, 3.05) is 41.2 Å². The summed E-state index contributed by atoms with van der Waals surface area (Å²) < 4.78 is 34.2. The lowest BCUT2D eigenvalue weighted by Gasteiger charge is -2.26. The fourth-order valence-corrected chi connectivity index (χ4v) is 5.12. The summed E-state index contributed by atoms with van der Waals surface area (Å²) in [5.74, 6) is 1.75. The topological polar surface area (TPSA) is 177 Å². The molecule has 1 unspecified atom stereocenters. The van der Waals surface area contributed by atoms with Crippen molar-refractivity contribution < 1.29 is 59.1 Å². The van der Waals surface area contributed by atoms with Crippen molar-refractivity contribution in [3.63, 3.8) is 0 Å². The quantitative estimate of drug-likeness (QED) is 0.0849. The van der Waals surface area contributed by atoms with Gasteiger partial charge < -0.3 is 59.1 Å². The monoisotopic (exact) mass is 680 g/mol. The SMILES string of the molecule is COc1cc([C@H](O)[C@@H](CO)Oc2ccc([C@H](O)[C@@H](CO)Oc3ccc(C(O)CCO)cc3OC)cc2OC)ccc1OCc1ccccc1. The lowest BCUT2D eigenvalue weighted by molar-refractivity contribution is -0.00270. The van der Waals surface area contributed by atoms with Crippen LogP contribution in [0.15, 0.2) is 84.9 Å². The second kappa shape index (κ2) is 18.3. The molecule has 264 valence electrons. The Labute approximate surface area is 285 Å². The minimum Gasteiger partial charge on any atom is -0.493 e. The van der Waals surface area contributed by atoms with E-state index in [1.807, 2.05) is 30.3 Å². The van der Waals surface area contributed by atoms with Crippen LogP contribution in [0.2, 0.25) is 0 Å². The molecule has 0 saturated heterocycles. The van der Waals surface area contributed by atoms with Crippen molar-refractivity contribution in [2.45, 2.75) is 43.5 Å². The maximum absolute atomic E-state index is 11.2. The second-order valence-electron chi connectivity index (χ2n) is 11.1. The van der Waals surface area contributed by atoms with E-state index >= 15 is 0 Å². The Morgan fingerprint density at radius 3 is 1.45 bits per heavy atom. The lowest BCUT2D eigenvalue weighted by Crippen LogP contribution is -2.30. The fourth-order valence-electron chi connectivity index (χ4n) is 5.12. The van der Waals surface area contributed by atoms with Gasteiger partial charge in [-0.25, -0.2) is 0 Å². The van der Waals surface area contributed by atoms with Crippen LogP contribution in [-0.2, 0) is 6.61 Å². The van der Waals surface area contributed by atoms with E-state index < -0.39 is 43.7 Å². The number of aliphatic hydroxyl groups excluding tert-OH is 6. The van der Waals surface area contributed by atoms with Gasteiger partial charge >= 0.3 is 0 Å². The van der Waals surface area contributed by atoms with Crippen LogP contribution in [0.25, 0.3) is 0 Å². The second-order valence-corrected chi connectivity index (χ2v) is 11.1. The molecule has 0 heterocycles. The average Bonchev–Trinajstić information content (AvgIpc) is 3.14. The van der Waals surface area contributed by atoms with Crippen LogP contribution in [-0.4, -0.2) is 84.0 Å². The van der Waals surface area contributed by atoms with Crippen LogP contribution in [0.4, 0.5) is 0 Å². The first-order chi connectivity index (χ1) is 23.8. The summed E-state index contributed by atoms with van der Waals surface area (Å²) in [6, 6.07) is 23.9. The molecule has 12 heteroatoms. The Morgan fingerprint density at radius 2 is 0.980 bits per heavy atom. The zero-order valence-corrected chi connectivity index (χ0v) is 27.6. The standard InChI is InChI=1S/C37H44O12/c1-44-31-18-25(10-12-28(31)47-22-23-7-5-4-6-8-23)36(42)34(20-39)49-30-14-11-26(19-33(30)46-3)37(43)35(21-40)48-29-13-9-24(17-32(29)45-2)27(41)15-16-38/h4-14,17-19,27,34-43H,15-16,20-22H2,1-3H3/t27?,34-,35-,36+,37+/m1/s1. The highest BCUT2D eigenvalue weighted by Gasteiger charge is 2.28. The van der Waals surface area contributed by atoms with Crippen molar-refractivity contribution in [3.05, 3.63) is 107 Å². The molecule has 6 N–H and O–H groups in total. The lowest BCUT2D eigenvalue weighted by atomic mass is 10.0. The summed E-state index contributed by atoms with van der Waals surface area (Å²) in [6.07, 6.45) is -5.58. The first-order valence-corrected chi connectivity index (χ1v) is 15.7. The number of rotatable bonds is 19. The van der Waals surface area contributed by atoms with Gasteiger partial charge in [-0.3, -0.25) is 0 Å². The first kappa shape index (κ1) is 37.3. The van der Waals surface area contributed by atoms with Crippen molar-refractivity contribution in [1.29, 1.82) is 0 Å². The van der Waals surface area contributed by atoms with E-state index in [1.54, 1.807) is 42.5 Å². The van der Waals surface area contributed by atoms with Crippen LogP contribution in [0.3, 0.4) is 0 Å². The molecule has 0 aliphatic heterocycles. The van der Waals surface area contributed by atoms with Gasteiger partial charge in [0.25, 0.3) is 0 Å². The molecule has 0 aliphatic carbocycles. The molecule has 4 aromatic rings. The van der Waals surface area contributed by atoms with Gasteiger partial charge in [0, 0.05) is 13.0 Å². The molecule has 0 radical (unpaired) electrons. The molecule has 0 aliphatic rings. The van der Waals surface area contributed by atoms with Crippen LogP contribution in [0, 0.1) is 0 Å². The molecular weight excluding hydrogens is 636 g/mol. The summed E-state index contributed by atoms with van der Waals surface area (Å²) in [5.41, 5.74) is 2.24. The third kappa shape index (κ3) is 9.54. The van der Waals surface area contributed by atoms with Gasteiger partial charge in [0.1, 0.15) is 18.8 Å². The maximum atomic E-state index is 11.2. The highest BCUT2D eigenvalue weighted by atomic mass is 16.5. The molecule has 5 atom stereocenters. The zero-order chi connectivity index (χ0) is 35.3. The molecule has 12 nitrogen and oxygen atoms in total. The molecule has 0 aromatic heterocycles. The Balaban J connectivity index is 1.47. The highest BCUT2D eigenvalue weighted by Crippen LogP contribution is 2.38. The van der Waals surface area contributed by atoms with Gasteiger partial charge in [-0.05, 0) is 58.7 Å². The summed E-state index contributed by atoms with van der Waals surface area (Å²) in [6.45, 7) is -0.960. The Morgan fingerprint density at radius 1 is 0.531 bits per heavy atom. The summed E-state index contributed by atoms with van der Waals surface area (Å²) >= 11 is 0. The predicted octanol–water partition coefficient (Wildman–Crippen LogP) is 3.65. The number of benzene rings is 4. The molecular formula is C37H44O12. The molecule has 49 heavy (non-hydrogen) atoms. The van der Waals surface area contributed by atoms with Crippen molar-refractivity contribution in [3.8, 4) is 34.5 Å². The third-order valence-electron chi connectivity index (χ3n) is 7.89. The summed E-state index contributed by atoms with van der Waals surface area (Å²) in [5, 5.41) is 62.0. The minimum atomic E-state index is -1.33. The minimum absolute atomic E-state index is 0.147. The van der Waals surface area contributed by atoms with E-state index in [2.05, 4.69) is 0 Å². The third-order valence-corrected chi connectivity index (χ3v) is 7.89. The number of ether oxygens (including phenoxy) is 6. The predicted molar refractivity (Wildman–Crippen MR) is 179 cm³/mol. The normalized spacial score (nSPS) is 14.2. The van der Waals surface area contributed by atoms with Crippen molar-refractivity contribution >= 4 is 0 Å². The van der Waals surface area contributed by atoms with Gasteiger partial charge in [-0.1, -0.05) is 48.5 Å². The van der Waals surface area contributed by atoms with E-state index in [9.17, 15) is 25.5 Å². The van der Waals surface area contributed by atoms with Crippen molar-refractivity contribution in [2.24, 2.45) is 0 Å². The molecule has 0 spiro atoms. The van der Waals surface area contributed by atoms with E-state index in [1.165, 1.54) is 33.5 Å². The molecule has 0 fully saturated rings. The Kier molecular flexibility index (Phi) is 13.9. The number of methoxy groups -OCH3 is 3. The average molecular weight is 681 g/mol. The van der Waals surface area contributed by atoms with Crippen molar-refractivity contribution in [1.82, 2.24) is 0 Å². The zero-order valence-electron chi connectivity index (χ0n) is 27.6. The molecule has 4 rings (SSSR count). The van der Waals surface area contributed by atoms with E-state index in [0.29, 0.717) is 34.8 Å². The van der Waals surface area contributed by atoms with Crippen LogP contribution < -0.4 is 28.4 Å².